The molecule has 0 aliphatic heterocycles. The Morgan fingerprint density at radius 3 is 2.32 bits per heavy atom. The van der Waals surface area contributed by atoms with Gasteiger partial charge in [0.05, 0.1) is 17.9 Å². The SMILES string of the molecule is c1ccc(-c2nc(SCCn3cncn3)[nH]c2-c2ccccc2)cc1. The van der Waals surface area contributed by atoms with Crippen LogP contribution in [0.5, 0.6) is 0 Å². The van der Waals surface area contributed by atoms with Crippen molar-refractivity contribution >= 4 is 11.8 Å². The van der Waals surface area contributed by atoms with Crippen LogP contribution >= 0.6 is 11.8 Å². The number of aryl methyl sites for hydroxylation is 1. The van der Waals surface area contributed by atoms with Gasteiger partial charge in [-0.15, -0.1) is 0 Å². The molecule has 0 aliphatic rings. The van der Waals surface area contributed by atoms with E-state index in [1.165, 1.54) is 0 Å². The molecule has 0 aliphatic carbocycles. The molecular formula is C19H17N5S. The zero-order chi connectivity index (χ0) is 16.9. The fourth-order valence-electron chi connectivity index (χ4n) is 2.62. The Bertz CT molecular complexity index is 860. The molecule has 4 aromatic rings. The van der Waals surface area contributed by atoms with E-state index in [0.717, 1.165) is 40.0 Å². The van der Waals surface area contributed by atoms with Gasteiger partial charge in [0.15, 0.2) is 5.16 Å². The molecule has 0 radical (unpaired) electrons. The van der Waals surface area contributed by atoms with E-state index in [1.54, 1.807) is 24.4 Å². The molecule has 0 spiro atoms. The number of hydrogen-bond acceptors (Lipinski definition) is 4. The predicted octanol–water partition coefficient (Wildman–Crippen LogP) is 4.13. The lowest BCUT2D eigenvalue weighted by molar-refractivity contribution is 0.664. The number of rotatable bonds is 6. The van der Waals surface area contributed by atoms with Gasteiger partial charge in [0.25, 0.3) is 0 Å². The quantitative estimate of drug-likeness (QED) is 0.533. The van der Waals surface area contributed by atoms with Crippen LogP contribution in [0.25, 0.3) is 22.5 Å². The van der Waals surface area contributed by atoms with Crippen molar-refractivity contribution in [2.45, 2.75) is 11.7 Å². The van der Waals surface area contributed by atoms with Crippen LogP contribution in [0.2, 0.25) is 0 Å². The summed E-state index contributed by atoms with van der Waals surface area (Å²) >= 11 is 1.69. The highest BCUT2D eigenvalue weighted by Crippen LogP contribution is 2.32. The molecule has 0 bridgehead atoms. The number of imidazole rings is 1. The summed E-state index contributed by atoms with van der Waals surface area (Å²) in [5.74, 6) is 0.874. The second-order valence-electron chi connectivity index (χ2n) is 5.50. The summed E-state index contributed by atoms with van der Waals surface area (Å²) in [5.41, 5.74) is 4.28. The first kappa shape index (κ1) is 15.7. The number of nitrogens with zero attached hydrogens (tertiary/aromatic N) is 4. The average Bonchev–Trinajstić information content (AvgIpc) is 3.33. The summed E-state index contributed by atoms with van der Waals surface area (Å²) in [5, 5.41) is 5.04. The van der Waals surface area contributed by atoms with Gasteiger partial charge in [0.2, 0.25) is 0 Å². The summed E-state index contributed by atoms with van der Waals surface area (Å²) < 4.78 is 1.83. The Hall–Kier alpha value is -2.86. The standard InChI is InChI=1S/C19H17N5S/c1-3-7-15(8-4-1)17-18(16-9-5-2-6-10-16)23-19(22-17)25-12-11-24-14-20-13-21-24/h1-10,13-14H,11-12H2,(H,22,23). The molecule has 2 aromatic heterocycles. The predicted molar refractivity (Wildman–Crippen MR) is 100 cm³/mol. The molecular weight excluding hydrogens is 330 g/mol. The molecule has 6 heteroatoms. The molecule has 0 fully saturated rings. The van der Waals surface area contributed by atoms with Gasteiger partial charge in [-0.1, -0.05) is 72.4 Å². The van der Waals surface area contributed by atoms with Crippen molar-refractivity contribution in [1.29, 1.82) is 0 Å². The Labute approximate surface area is 150 Å². The van der Waals surface area contributed by atoms with Crippen molar-refractivity contribution in [3.8, 4) is 22.5 Å². The van der Waals surface area contributed by atoms with Gasteiger partial charge in [-0.25, -0.2) is 9.97 Å². The molecule has 1 N–H and O–H groups in total. The third-order valence-electron chi connectivity index (χ3n) is 3.82. The van der Waals surface area contributed by atoms with Crippen LogP contribution in [0.15, 0.2) is 78.5 Å². The van der Waals surface area contributed by atoms with Gasteiger partial charge in [-0.3, -0.25) is 4.68 Å². The zero-order valence-electron chi connectivity index (χ0n) is 13.5. The van der Waals surface area contributed by atoms with Crippen LogP contribution in [0.3, 0.4) is 0 Å². The number of thioether (sulfide) groups is 1. The molecule has 2 aromatic carbocycles. The van der Waals surface area contributed by atoms with Crippen LogP contribution in [0, 0.1) is 0 Å². The van der Waals surface area contributed by atoms with Crippen LogP contribution in [-0.2, 0) is 6.54 Å². The number of hydrogen-bond donors (Lipinski definition) is 1. The first-order valence-electron chi connectivity index (χ1n) is 8.06. The summed E-state index contributed by atoms with van der Waals surface area (Å²) in [6, 6.07) is 20.6. The first-order valence-corrected chi connectivity index (χ1v) is 9.05. The van der Waals surface area contributed by atoms with Crippen LogP contribution in [0.1, 0.15) is 0 Å². The van der Waals surface area contributed by atoms with Crippen molar-refractivity contribution in [2.75, 3.05) is 5.75 Å². The Morgan fingerprint density at radius 2 is 1.64 bits per heavy atom. The fourth-order valence-corrected chi connectivity index (χ4v) is 3.42. The Kier molecular flexibility index (Phi) is 4.61. The van der Waals surface area contributed by atoms with Crippen molar-refractivity contribution in [3.63, 3.8) is 0 Å². The van der Waals surface area contributed by atoms with Gasteiger partial charge < -0.3 is 4.98 Å². The fraction of sp³-hybridized carbons (Fsp3) is 0.105. The smallest absolute Gasteiger partial charge is 0.166 e. The molecule has 0 saturated heterocycles. The lowest BCUT2D eigenvalue weighted by atomic mass is 10.1. The van der Waals surface area contributed by atoms with Gasteiger partial charge in [-0.05, 0) is 0 Å². The second-order valence-corrected chi connectivity index (χ2v) is 6.59. The van der Waals surface area contributed by atoms with Crippen LogP contribution in [0.4, 0.5) is 0 Å². The summed E-state index contributed by atoms with van der Waals surface area (Å²) in [7, 11) is 0. The molecule has 0 amide bonds. The maximum absolute atomic E-state index is 4.84. The van der Waals surface area contributed by atoms with E-state index in [9.17, 15) is 0 Å². The van der Waals surface area contributed by atoms with E-state index in [4.69, 9.17) is 4.98 Å². The average molecular weight is 347 g/mol. The summed E-state index contributed by atoms with van der Waals surface area (Å²) in [6.07, 6.45) is 3.28. The molecule has 124 valence electrons. The topological polar surface area (TPSA) is 59.4 Å². The third kappa shape index (κ3) is 3.64. The van der Waals surface area contributed by atoms with Gasteiger partial charge in [0, 0.05) is 16.9 Å². The molecule has 0 atom stereocenters. The highest BCUT2D eigenvalue weighted by molar-refractivity contribution is 7.99. The maximum atomic E-state index is 4.84. The summed E-state index contributed by atoms with van der Waals surface area (Å²) in [4.78, 5) is 12.3. The number of H-pyrrole nitrogens is 1. The highest BCUT2D eigenvalue weighted by Gasteiger charge is 2.14. The zero-order valence-corrected chi connectivity index (χ0v) is 14.4. The molecule has 5 nitrogen and oxygen atoms in total. The minimum absolute atomic E-state index is 0.798. The highest BCUT2D eigenvalue weighted by atomic mass is 32.2. The van der Waals surface area contributed by atoms with Crippen molar-refractivity contribution in [1.82, 2.24) is 24.7 Å². The van der Waals surface area contributed by atoms with E-state index in [0.29, 0.717) is 0 Å². The normalized spacial score (nSPS) is 10.9. The van der Waals surface area contributed by atoms with Gasteiger partial charge in [0.1, 0.15) is 12.7 Å². The summed E-state index contributed by atoms with van der Waals surface area (Å²) in [6.45, 7) is 0.798. The second kappa shape index (κ2) is 7.36. The number of nitrogens with one attached hydrogen (secondary N) is 1. The van der Waals surface area contributed by atoms with E-state index in [-0.39, 0.29) is 0 Å². The van der Waals surface area contributed by atoms with E-state index >= 15 is 0 Å². The third-order valence-corrected chi connectivity index (χ3v) is 4.67. The maximum Gasteiger partial charge on any atom is 0.166 e. The van der Waals surface area contributed by atoms with Crippen molar-refractivity contribution in [2.24, 2.45) is 0 Å². The minimum Gasteiger partial charge on any atom is -0.332 e. The Balaban J connectivity index is 1.61. The molecule has 25 heavy (non-hydrogen) atoms. The van der Waals surface area contributed by atoms with E-state index < -0.39 is 0 Å². The van der Waals surface area contributed by atoms with E-state index in [1.807, 2.05) is 41.1 Å². The van der Waals surface area contributed by atoms with Crippen LogP contribution in [-0.4, -0.2) is 30.5 Å². The number of benzene rings is 2. The van der Waals surface area contributed by atoms with Crippen LogP contribution < -0.4 is 0 Å². The minimum atomic E-state index is 0.798. The lowest BCUT2D eigenvalue weighted by Gasteiger charge is -2.02. The monoisotopic (exact) mass is 347 g/mol. The largest absolute Gasteiger partial charge is 0.332 e. The van der Waals surface area contributed by atoms with Gasteiger partial charge in [-0.2, -0.15) is 5.10 Å². The molecule has 0 unspecified atom stereocenters. The molecule has 4 rings (SSSR count). The first-order chi connectivity index (χ1) is 12.4. The van der Waals surface area contributed by atoms with E-state index in [2.05, 4.69) is 39.3 Å². The molecule has 0 saturated carbocycles. The van der Waals surface area contributed by atoms with Gasteiger partial charge >= 0.3 is 0 Å². The number of aromatic amines is 1. The number of aromatic nitrogens is 5. The molecule has 2 heterocycles. The van der Waals surface area contributed by atoms with Crippen molar-refractivity contribution in [3.05, 3.63) is 73.3 Å². The Morgan fingerprint density at radius 1 is 0.920 bits per heavy atom. The lowest BCUT2D eigenvalue weighted by Crippen LogP contribution is -2.00. The van der Waals surface area contributed by atoms with Crippen molar-refractivity contribution < 1.29 is 0 Å².